The Kier molecular flexibility index (Phi) is 4.90. The number of hydrogen-bond donors (Lipinski definition) is 1. The fourth-order valence-electron chi connectivity index (χ4n) is 1.80. The maximum absolute atomic E-state index is 13.5. The van der Waals surface area contributed by atoms with Crippen molar-refractivity contribution in [3.05, 3.63) is 63.6 Å². The molecule has 0 spiro atoms. The van der Waals surface area contributed by atoms with E-state index in [0.717, 1.165) is 22.7 Å². The summed E-state index contributed by atoms with van der Waals surface area (Å²) in [5.74, 6) is -1.16. The molecule has 0 bridgehead atoms. The van der Waals surface area contributed by atoms with E-state index in [1.807, 2.05) is 0 Å². The number of hydrogen-bond acceptors (Lipinski definition) is 2. The van der Waals surface area contributed by atoms with Crippen molar-refractivity contribution in [1.82, 2.24) is 5.32 Å². The van der Waals surface area contributed by atoms with Crippen LogP contribution in [-0.4, -0.2) is 13.0 Å². The molecule has 0 fully saturated rings. The van der Waals surface area contributed by atoms with E-state index in [1.54, 1.807) is 18.2 Å². The Labute approximate surface area is 129 Å². The number of amides is 1. The van der Waals surface area contributed by atoms with Crippen molar-refractivity contribution in [3.63, 3.8) is 0 Å². The summed E-state index contributed by atoms with van der Waals surface area (Å²) in [6, 6.07) is 8.03. The highest BCUT2D eigenvalue weighted by atomic mass is 79.9. The van der Waals surface area contributed by atoms with Crippen LogP contribution in [0.1, 0.15) is 15.9 Å². The van der Waals surface area contributed by atoms with E-state index in [1.165, 1.54) is 7.11 Å². The lowest BCUT2D eigenvalue weighted by molar-refractivity contribution is 0.0947. The van der Waals surface area contributed by atoms with Crippen molar-refractivity contribution in [2.45, 2.75) is 6.54 Å². The fourth-order valence-corrected chi connectivity index (χ4v) is 2.14. The number of nitrogens with one attached hydrogen (secondary N) is 1. The van der Waals surface area contributed by atoms with Gasteiger partial charge in [-0.3, -0.25) is 4.79 Å². The zero-order chi connectivity index (χ0) is 15.4. The monoisotopic (exact) mass is 355 g/mol. The minimum atomic E-state index is -0.570. The van der Waals surface area contributed by atoms with Gasteiger partial charge in [0.15, 0.2) is 0 Å². The normalized spacial score (nSPS) is 10.3. The molecule has 0 heterocycles. The van der Waals surface area contributed by atoms with Crippen molar-refractivity contribution < 1.29 is 18.3 Å². The first-order valence-electron chi connectivity index (χ1n) is 6.07. The van der Waals surface area contributed by atoms with Crippen LogP contribution in [0.2, 0.25) is 0 Å². The van der Waals surface area contributed by atoms with Gasteiger partial charge in [-0.1, -0.05) is 15.9 Å². The average Bonchev–Trinajstić information content (AvgIpc) is 2.47. The largest absolute Gasteiger partial charge is 0.496 e. The summed E-state index contributed by atoms with van der Waals surface area (Å²) in [6.07, 6.45) is 0. The predicted molar refractivity (Wildman–Crippen MR) is 78.2 cm³/mol. The lowest BCUT2D eigenvalue weighted by Gasteiger charge is -2.10. The zero-order valence-electron chi connectivity index (χ0n) is 11.1. The number of carbonyl (C=O) groups is 1. The molecule has 0 aliphatic rings. The van der Waals surface area contributed by atoms with Gasteiger partial charge < -0.3 is 10.1 Å². The van der Waals surface area contributed by atoms with Crippen molar-refractivity contribution >= 4 is 21.8 Å². The van der Waals surface area contributed by atoms with E-state index >= 15 is 0 Å². The second kappa shape index (κ2) is 6.67. The second-order valence-corrected chi connectivity index (χ2v) is 5.18. The van der Waals surface area contributed by atoms with E-state index in [4.69, 9.17) is 4.74 Å². The Bertz CT molecular complexity index is 677. The number of benzene rings is 2. The van der Waals surface area contributed by atoms with Gasteiger partial charge in [-0.15, -0.1) is 0 Å². The van der Waals surface area contributed by atoms with Gasteiger partial charge in [0, 0.05) is 16.6 Å². The van der Waals surface area contributed by atoms with Gasteiger partial charge in [-0.2, -0.15) is 0 Å². The van der Waals surface area contributed by atoms with Gasteiger partial charge in [0.1, 0.15) is 17.4 Å². The van der Waals surface area contributed by atoms with E-state index in [9.17, 15) is 13.6 Å². The summed E-state index contributed by atoms with van der Waals surface area (Å²) >= 11 is 3.28. The van der Waals surface area contributed by atoms with Gasteiger partial charge >= 0.3 is 0 Å². The lowest BCUT2D eigenvalue weighted by atomic mass is 10.1. The van der Waals surface area contributed by atoms with Crippen molar-refractivity contribution in [2.75, 3.05) is 7.11 Å². The molecule has 0 atom stereocenters. The molecular formula is C15H12BrF2NO2. The van der Waals surface area contributed by atoms with Crippen LogP contribution in [0.25, 0.3) is 0 Å². The van der Waals surface area contributed by atoms with Crippen LogP contribution < -0.4 is 10.1 Å². The number of carbonyl (C=O) groups excluding carboxylic acids is 1. The van der Waals surface area contributed by atoms with E-state index in [2.05, 4.69) is 21.2 Å². The lowest BCUT2D eigenvalue weighted by Crippen LogP contribution is -2.24. The van der Waals surface area contributed by atoms with Crippen molar-refractivity contribution in [2.24, 2.45) is 0 Å². The summed E-state index contributed by atoms with van der Waals surface area (Å²) in [4.78, 5) is 12.1. The molecule has 1 N–H and O–H groups in total. The molecule has 110 valence electrons. The molecule has 0 saturated heterocycles. The van der Waals surface area contributed by atoms with Crippen molar-refractivity contribution in [3.8, 4) is 5.75 Å². The van der Waals surface area contributed by atoms with Crippen LogP contribution >= 0.6 is 15.9 Å². The van der Waals surface area contributed by atoms with Gasteiger partial charge in [0.25, 0.3) is 5.91 Å². The molecule has 0 saturated carbocycles. The average molecular weight is 356 g/mol. The summed E-state index contributed by atoms with van der Waals surface area (Å²) in [5.41, 5.74) is 0.400. The molecule has 21 heavy (non-hydrogen) atoms. The molecular weight excluding hydrogens is 344 g/mol. The molecule has 6 heteroatoms. The maximum atomic E-state index is 13.5. The third-order valence-corrected chi connectivity index (χ3v) is 3.35. The molecule has 0 unspecified atom stereocenters. The first-order valence-corrected chi connectivity index (χ1v) is 6.86. The van der Waals surface area contributed by atoms with Crippen molar-refractivity contribution in [1.29, 1.82) is 0 Å². The van der Waals surface area contributed by atoms with Crippen LogP contribution in [0.3, 0.4) is 0 Å². The summed E-state index contributed by atoms with van der Waals surface area (Å²) in [6.45, 7) is -0.109. The molecule has 3 nitrogen and oxygen atoms in total. The van der Waals surface area contributed by atoms with Gasteiger partial charge in [-0.25, -0.2) is 8.78 Å². The standard InChI is InChI=1S/C15H12BrF2NO2/c1-21-14-7-10(16)2-4-12(14)15(20)19-8-9-6-11(17)3-5-13(9)18/h2-7H,8H2,1H3,(H,19,20). The SMILES string of the molecule is COc1cc(Br)ccc1C(=O)NCc1cc(F)ccc1F. The van der Waals surface area contributed by atoms with Gasteiger partial charge in [0.05, 0.1) is 12.7 Å². The predicted octanol–water partition coefficient (Wildman–Crippen LogP) is 3.67. The molecule has 0 aliphatic carbocycles. The first-order chi connectivity index (χ1) is 10.0. The maximum Gasteiger partial charge on any atom is 0.255 e. The quantitative estimate of drug-likeness (QED) is 0.908. The van der Waals surface area contributed by atoms with Crippen LogP contribution in [0, 0.1) is 11.6 Å². The highest BCUT2D eigenvalue weighted by Gasteiger charge is 2.13. The second-order valence-electron chi connectivity index (χ2n) is 4.26. The van der Waals surface area contributed by atoms with Crippen LogP contribution in [-0.2, 0) is 6.54 Å². The number of rotatable bonds is 4. The Balaban J connectivity index is 2.13. The topological polar surface area (TPSA) is 38.3 Å². The molecule has 0 aliphatic heterocycles. The minimum absolute atomic E-state index is 0.0828. The molecule has 0 radical (unpaired) electrons. The zero-order valence-corrected chi connectivity index (χ0v) is 12.7. The number of ether oxygens (including phenoxy) is 1. The van der Waals surface area contributed by atoms with Crippen LogP contribution in [0.5, 0.6) is 5.75 Å². The number of methoxy groups -OCH3 is 1. The van der Waals surface area contributed by atoms with E-state index in [0.29, 0.717) is 11.3 Å². The summed E-state index contributed by atoms with van der Waals surface area (Å²) in [5, 5.41) is 2.54. The third kappa shape index (κ3) is 3.78. The third-order valence-electron chi connectivity index (χ3n) is 2.86. The molecule has 2 rings (SSSR count). The molecule has 1 amide bonds. The Morgan fingerprint density at radius 3 is 2.71 bits per heavy atom. The highest BCUT2D eigenvalue weighted by molar-refractivity contribution is 9.10. The smallest absolute Gasteiger partial charge is 0.255 e. The molecule has 2 aromatic carbocycles. The highest BCUT2D eigenvalue weighted by Crippen LogP contribution is 2.23. The Hall–Kier alpha value is -1.95. The Morgan fingerprint density at radius 2 is 2.00 bits per heavy atom. The Morgan fingerprint density at radius 1 is 1.24 bits per heavy atom. The van der Waals surface area contributed by atoms with E-state index < -0.39 is 17.5 Å². The van der Waals surface area contributed by atoms with E-state index in [-0.39, 0.29) is 12.1 Å². The molecule has 0 aromatic heterocycles. The summed E-state index contributed by atoms with van der Waals surface area (Å²) < 4.78 is 32.4. The molecule has 2 aromatic rings. The van der Waals surface area contributed by atoms with Gasteiger partial charge in [0.2, 0.25) is 0 Å². The fraction of sp³-hybridized carbons (Fsp3) is 0.133. The van der Waals surface area contributed by atoms with Gasteiger partial charge in [-0.05, 0) is 36.4 Å². The number of halogens is 3. The van der Waals surface area contributed by atoms with Crippen LogP contribution in [0.4, 0.5) is 8.78 Å². The summed E-state index contributed by atoms with van der Waals surface area (Å²) in [7, 11) is 1.45. The minimum Gasteiger partial charge on any atom is -0.496 e. The van der Waals surface area contributed by atoms with Crippen LogP contribution in [0.15, 0.2) is 40.9 Å². The first kappa shape index (κ1) is 15.4.